The number of methoxy groups -OCH3 is 1. The number of hydrogen-bond donors (Lipinski definition) is 2. The lowest BCUT2D eigenvalue weighted by molar-refractivity contribution is 0.236. The number of amides is 1. The molecule has 0 atom stereocenters. The molecule has 1 aromatic heterocycles. The van der Waals surface area contributed by atoms with E-state index < -0.39 is 17.3 Å². The molecule has 0 bridgehead atoms. The third-order valence-electron chi connectivity index (χ3n) is 2.63. The zero-order valence-corrected chi connectivity index (χ0v) is 11.2. The van der Waals surface area contributed by atoms with E-state index in [1.165, 1.54) is 7.11 Å². The first-order valence-electron chi connectivity index (χ1n) is 6.28. The number of aromatic nitrogens is 2. The third kappa shape index (κ3) is 4.27. The summed E-state index contributed by atoms with van der Waals surface area (Å²) in [5, 5.41) is 2.61. The molecule has 7 heteroatoms. The number of carbonyl (C=O) groups excluding carboxylic acids is 1. The summed E-state index contributed by atoms with van der Waals surface area (Å²) in [4.78, 5) is 36.5. The van der Waals surface area contributed by atoms with Gasteiger partial charge in [0, 0.05) is 6.54 Å². The van der Waals surface area contributed by atoms with Crippen molar-refractivity contribution in [3.63, 3.8) is 0 Å². The fraction of sp³-hybridized carbons (Fsp3) is 0.583. The summed E-state index contributed by atoms with van der Waals surface area (Å²) in [6, 6.07) is 0.451. The van der Waals surface area contributed by atoms with Crippen LogP contribution in [0.2, 0.25) is 0 Å². The van der Waals surface area contributed by atoms with Crippen LogP contribution in [0, 0.1) is 0 Å². The minimum atomic E-state index is -0.810. The molecule has 106 valence electrons. The number of ether oxygens (including phenoxy) is 1. The molecule has 1 amide bonds. The minimum Gasteiger partial charge on any atom is -0.482 e. The molecule has 7 nitrogen and oxygen atoms in total. The van der Waals surface area contributed by atoms with E-state index in [9.17, 15) is 14.4 Å². The number of aromatic amines is 1. The highest BCUT2D eigenvalue weighted by atomic mass is 16.5. The first-order chi connectivity index (χ1) is 9.10. The van der Waals surface area contributed by atoms with E-state index in [-0.39, 0.29) is 5.88 Å². The van der Waals surface area contributed by atoms with Crippen molar-refractivity contribution in [1.82, 2.24) is 14.9 Å². The second kappa shape index (κ2) is 7.40. The third-order valence-corrected chi connectivity index (χ3v) is 2.63. The average Bonchev–Trinajstić information content (AvgIpc) is 2.37. The van der Waals surface area contributed by atoms with E-state index in [0.717, 1.165) is 36.3 Å². The Morgan fingerprint density at radius 3 is 2.74 bits per heavy atom. The second-order valence-electron chi connectivity index (χ2n) is 4.11. The van der Waals surface area contributed by atoms with Crippen molar-refractivity contribution in [3.8, 4) is 5.88 Å². The van der Waals surface area contributed by atoms with Crippen molar-refractivity contribution in [2.75, 3.05) is 13.7 Å². The largest absolute Gasteiger partial charge is 0.482 e. The topological polar surface area (TPSA) is 93.2 Å². The first kappa shape index (κ1) is 15.0. The zero-order valence-electron chi connectivity index (χ0n) is 11.2. The van der Waals surface area contributed by atoms with Crippen LogP contribution in [0.3, 0.4) is 0 Å². The van der Waals surface area contributed by atoms with E-state index in [1.807, 2.05) is 4.98 Å². The van der Waals surface area contributed by atoms with Crippen LogP contribution in [0.1, 0.15) is 32.6 Å². The monoisotopic (exact) mass is 269 g/mol. The molecular weight excluding hydrogens is 250 g/mol. The molecule has 2 N–H and O–H groups in total. The summed E-state index contributed by atoms with van der Waals surface area (Å²) >= 11 is 0. The van der Waals surface area contributed by atoms with Gasteiger partial charge in [-0.25, -0.2) is 9.59 Å². The number of carbonyl (C=O) groups is 1. The van der Waals surface area contributed by atoms with Crippen LogP contribution in [-0.2, 0) is 0 Å². The first-order valence-corrected chi connectivity index (χ1v) is 6.28. The zero-order chi connectivity index (χ0) is 14.3. The van der Waals surface area contributed by atoms with Gasteiger partial charge in [0.15, 0.2) is 0 Å². The smallest absolute Gasteiger partial charge is 0.339 e. The van der Waals surface area contributed by atoms with E-state index in [2.05, 4.69) is 12.2 Å². The lowest BCUT2D eigenvalue weighted by Gasteiger charge is -2.10. The Morgan fingerprint density at radius 1 is 1.37 bits per heavy atom. The van der Waals surface area contributed by atoms with E-state index in [0.29, 0.717) is 6.54 Å². The molecule has 19 heavy (non-hydrogen) atoms. The molecule has 1 heterocycles. The molecule has 0 fully saturated rings. The van der Waals surface area contributed by atoms with Crippen molar-refractivity contribution in [3.05, 3.63) is 26.9 Å². The predicted molar refractivity (Wildman–Crippen MR) is 70.8 cm³/mol. The van der Waals surface area contributed by atoms with Crippen molar-refractivity contribution >= 4 is 6.03 Å². The van der Waals surface area contributed by atoms with Crippen LogP contribution in [0.4, 0.5) is 4.79 Å². The molecule has 0 aliphatic rings. The van der Waals surface area contributed by atoms with Gasteiger partial charge in [-0.15, -0.1) is 0 Å². The maximum atomic E-state index is 11.8. The normalized spacial score (nSPS) is 10.2. The van der Waals surface area contributed by atoms with Gasteiger partial charge < -0.3 is 10.1 Å². The van der Waals surface area contributed by atoms with E-state index in [1.54, 1.807) is 0 Å². The van der Waals surface area contributed by atoms with Gasteiger partial charge in [-0.2, -0.15) is 4.57 Å². The van der Waals surface area contributed by atoms with Crippen molar-refractivity contribution in [2.24, 2.45) is 0 Å². The number of nitrogens with zero attached hydrogens (tertiary/aromatic N) is 1. The number of rotatable bonds is 6. The molecule has 1 rings (SSSR count). The molecule has 0 spiro atoms. The molecule has 0 radical (unpaired) electrons. The summed E-state index contributed by atoms with van der Waals surface area (Å²) in [5.74, 6) is -0.0835. The maximum absolute atomic E-state index is 11.8. The minimum absolute atomic E-state index is 0.0835. The highest BCUT2D eigenvalue weighted by molar-refractivity contribution is 5.77. The highest BCUT2D eigenvalue weighted by Gasteiger charge is 2.13. The molecule has 0 aliphatic carbocycles. The number of hydrogen-bond acceptors (Lipinski definition) is 4. The summed E-state index contributed by atoms with van der Waals surface area (Å²) in [7, 11) is 1.29. The van der Waals surface area contributed by atoms with Crippen LogP contribution in [0.25, 0.3) is 0 Å². The van der Waals surface area contributed by atoms with E-state index >= 15 is 0 Å². The van der Waals surface area contributed by atoms with Gasteiger partial charge in [0.25, 0.3) is 5.56 Å². The lowest BCUT2D eigenvalue weighted by atomic mass is 10.2. The Labute approximate surface area is 110 Å². The number of nitrogens with one attached hydrogen (secondary N) is 2. The van der Waals surface area contributed by atoms with Gasteiger partial charge >= 0.3 is 11.7 Å². The predicted octanol–water partition coefficient (Wildman–Crippen LogP) is 0.683. The van der Waals surface area contributed by atoms with Crippen molar-refractivity contribution in [1.29, 1.82) is 0 Å². The Balaban J connectivity index is 2.72. The van der Waals surface area contributed by atoms with Gasteiger partial charge in [-0.05, 0) is 6.42 Å². The summed E-state index contributed by atoms with van der Waals surface area (Å²) < 4.78 is 5.62. The van der Waals surface area contributed by atoms with Crippen LogP contribution in [0.15, 0.2) is 15.7 Å². The van der Waals surface area contributed by atoms with Gasteiger partial charge in [0.2, 0.25) is 5.88 Å². The summed E-state index contributed by atoms with van der Waals surface area (Å²) in [6.45, 7) is 2.58. The van der Waals surface area contributed by atoms with Gasteiger partial charge in [-0.3, -0.25) is 9.78 Å². The van der Waals surface area contributed by atoms with Gasteiger partial charge in [0.1, 0.15) is 0 Å². The molecule has 1 aromatic rings. The lowest BCUT2D eigenvalue weighted by Crippen LogP contribution is -2.40. The molecule has 0 aliphatic heterocycles. The summed E-state index contributed by atoms with van der Waals surface area (Å²) in [5.41, 5.74) is -1.41. The maximum Gasteiger partial charge on any atom is 0.339 e. The Bertz CT molecular complexity index is 533. The van der Waals surface area contributed by atoms with Gasteiger partial charge in [0.05, 0.1) is 13.2 Å². The molecular formula is C12H19N3O4. The Hall–Kier alpha value is -2.05. The fourth-order valence-corrected chi connectivity index (χ4v) is 1.64. The number of H-pyrrole nitrogens is 1. The van der Waals surface area contributed by atoms with E-state index in [4.69, 9.17) is 4.74 Å². The molecule has 0 saturated heterocycles. The van der Waals surface area contributed by atoms with Crippen molar-refractivity contribution in [2.45, 2.75) is 32.6 Å². The van der Waals surface area contributed by atoms with Crippen molar-refractivity contribution < 1.29 is 9.53 Å². The van der Waals surface area contributed by atoms with Crippen LogP contribution >= 0.6 is 0 Å². The average molecular weight is 269 g/mol. The van der Waals surface area contributed by atoms with Crippen LogP contribution in [0.5, 0.6) is 5.88 Å². The highest BCUT2D eigenvalue weighted by Crippen LogP contribution is 2.02. The quantitative estimate of drug-likeness (QED) is 0.743. The van der Waals surface area contributed by atoms with Gasteiger partial charge in [-0.1, -0.05) is 26.2 Å². The fourth-order valence-electron chi connectivity index (χ4n) is 1.64. The second-order valence-corrected chi connectivity index (χ2v) is 4.11. The molecule has 0 aromatic carbocycles. The SMILES string of the molecule is CCCCCCNC(=O)n1c(OC)cc(=O)[nH]c1=O. The summed E-state index contributed by atoms with van der Waals surface area (Å²) in [6.07, 6.45) is 4.09. The Kier molecular flexibility index (Phi) is 5.84. The molecule has 0 saturated carbocycles. The Morgan fingerprint density at radius 2 is 2.11 bits per heavy atom. The van der Waals surface area contributed by atoms with Crippen LogP contribution in [-0.4, -0.2) is 29.2 Å². The number of unbranched alkanes of at least 4 members (excludes halogenated alkanes) is 3. The standard InChI is InChI=1S/C12H19N3O4/c1-3-4-5-6-7-13-11(17)15-10(19-2)8-9(16)14-12(15)18/h8H,3-7H2,1-2H3,(H,13,17)(H,14,16,18). The van der Waals surface area contributed by atoms with Crippen LogP contribution < -0.4 is 21.3 Å². The molecule has 0 unspecified atom stereocenters.